The van der Waals surface area contributed by atoms with E-state index in [-0.39, 0.29) is 36.6 Å². The Morgan fingerprint density at radius 3 is 0.941 bits per heavy atom. The number of allylic oxidation sites excluding steroid dienone is 6. The van der Waals surface area contributed by atoms with E-state index in [9.17, 15) is 0 Å². The number of benzene rings is 4. The van der Waals surface area contributed by atoms with E-state index in [2.05, 4.69) is 197 Å². The van der Waals surface area contributed by atoms with Crippen LogP contribution in [0.1, 0.15) is 35.2 Å². The second-order valence-corrected chi connectivity index (χ2v) is 13.5. The molecule has 6 unspecified atom stereocenters. The van der Waals surface area contributed by atoms with Gasteiger partial charge in [-0.15, -0.1) is 0 Å². The van der Waals surface area contributed by atoms with E-state index in [1.807, 2.05) is 0 Å². The normalized spacial score (nSPS) is 26.6. The van der Waals surface area contributed by atoms with Crippen molar-refractivity contribution in [3.05, 3.63) is 199 Å². The number of nitrogens with zero attached hydrogens (tertiary/aromatic N) is 6. The number of aliphatic imine (C=N–C) groups is 3. The van der Waals surface area contributed by atoms with Gasteiger partial charge >= 0.3 is 0 Å². The third kappa shape index (κ3) is 5.06. The standard InChI is InChI=1S/C45H36N6/c1-4-16-34(17-5-1)49-40-25-13-10-22-37(40)46-43(49)31-28-32(44-47-38-23-11-14-26-41(38)50(44)35-18-6-2-7-19-35)30-33(29-31)45-48-39-24-12-15-27-42(39)51(45)36-20-8-3-9-21-36/h1-30,40-45H. The van der Waals surface area contributed by atoms with Gasteiger partial charge in [0.1, 0.15) is 18.5 Å². The maximum absolute atomic E-state index is 5.43. The molecule has 0 radical (unpaired) electrons. The molecule has 10 rings (SSSR count). The molecule has 6 nitrogen and oxygen atoms in total. The highest BCUT2D eigenvalue weighted by atomic mass is 15.3. The Hall–Kier alpha value is -6.27. The van der Waals surface area contributed by atoms with E-state index >= 15 is 0 Å². The fourth-order valence-electron chi connectivity index (χ4n) is 8.25. The van der Waals surface area contributed by atoms with E-state index in [0.29, 0.717) is 0 Å². The van der Waals surface area contributed by atoms with Crippen molar-refractivity contribution in [1.29, 1.82) is 0 Å². The highest BCUT2D eigenvalue weighted by Crippen LogP contribution is 2.45. The van der Waals surface area contributed by atoms with Crippen LogP contribution in [0.2, 0.25) is 0 Å². The summed E-state index contributed by atoms with van der Waals surface area (Å²) >= 11 is 0. The van der Waals surface area contributed by atoms with Crippen LogP contribution in [0.4, 0.5) is 17.1 Å². The van der Waals surface area contributed by atoms with Crippen LogP contribution in [0.25, 0.3) is 0 Å². The quantitative estimate of drug-likeness (QED) is 0.207. The Morgan fingerprint density at radius 1 is 0.353 bits per heavy atom. The summed E-state index contributed by atoms with van der Waals surface area (Å²) in [7, 11) is 0. The molecule has 3 aliphatic carbocycles. The molecule has 0 N–H and O–H groups in total. The van der Waals surface area contributed by atoms with E-state index < -0.39 is 0 Å². The smallest absolute Gasteiger partial charge is 0.148 e. The Morgan fingerprint density at radius 2 is 0.647 bits per heavy atom. The van der Waals surface area contributed by atoms with Crippen molar-refractivity contribution in [2.45, 2.75) is 36.6 Å². The second kappa shape index (κ2) is 12.3. The minimum absolute atomic E-state index is 0.0471. The lowest BCUT2D eigenvalue weighted by Crippen LogP contribution is -2.37. The fourth-order valence-corrected chi connectivity index (χ4v) is 8.25. The molecule has 246 valence electrons. The first kappa shape index (κ1) is 29.6. The van der Waals surface area contributed by atoms with Crippen molar-refractivity contribution < 1.29 is 0 Å². The molecule has 3 heterocycles. The van der Waals surface area contributed by atoms with E-state index in [1.165, 1.54) is 0 Å². The highest BCUT2D eigenvalue weighted by molar-refractivity contribution is 6.07. The molecule has 4 aromatic rings. The predicted octanol–water partition coefficient (Wildman–Crippen LogP) is 9.05. The molecular weight excluding hydrogens is 625 g/mol. The Bertz CT molecular complexity index is 1990. The first-order chi connectivity index (χ1) is 25.3. The van der Waals surface area contributed by atoms with Gasteiger partial charge in [-0.1, -0.05) is 109 Å². The van der Waals surface area contributed by atoms with Crippen LogP contribution in [0, 0.1) is 0 Å². The van der Waals surface area contributed by atoms with Crippen LogP contribution in [0.3, 0.4) is 0 Å². The second-order valence-electron chi connectivity index (χ2n) is 13.5. The van der Waals surface area contributed by atoms with Gasteiger partial charge in [-0.2, -0.15) is 0 Å². The number of hydrogen-bond acceptors (Lipinski definition) is 6. The summed E-state index contributed by atoms with van der Waals surface area (Å²) < 4.78 is 0. The van der Waals surface area contributed by atoms with Gasteiger partial charge in [-0.05, 0) is 89.5 Å². The van der Waals surface area contributed by atoms with Gasteiger partial charge in [-0.3, -0.25) is 15.0 Å². The maximum Gasteiger partial charge on any atom is 0.148 e. The molecular formula is C45H36N6. The molecule has 6 aliphatic rings. The van der Waals surface area contributed by atoms with Crippen LogP contribution in [-0.4, -0.2) is 35.3 Å². The number of fused-ring (bicyclic) bond motifs is 3. The molecule has 0 spiro atoms. The van der Waals surface area contributed by atoms with Gasteiger partial charge in [0.25, 0.3) is 0 Å². The van der Waals surface area contributed by atoms with Gasteiger partial charge in [0.2, 0.25) is 0 Å². The van der Waals surface area contributed by atoms with Crippen molar-refractivity contribution >= 4 is 34.2 Å². The molecule has 6 heteroatoms. The maximum atomic E-state index is 5.43. The number of hydrogen-bond donors (Lipinski definition) is 0. The number of anilines is 3. The summed E-state index contributed by atoms with van der Waals surface area (Å²) in [5.74, 6) is 0. The topological polar surface area (TPSA) is 46.8 Å². The first-order valence-corrected chi connectivity index (χ1v) is 17.7. The monoisotopic (exact) mass is 660 g/mol. The van der Waals surface area contributed by atoms with Gasteiger partial charge in [0, 0.05) is 17.1 Å². The summed E-state index contributed by atoms with van der Waals surface area (Å²) in [6, 6.07) is 39.2. The summed E-state index contributed by atoms with van der Waals surface area (Å²) in [6.45, 7) is 0. The Labute approximate surface area is 298 Å². The molecule has 0 fully saturated rings. The molecule has 0 saturated carbocycles. The van der Waals surface area contributed by atoms with E-state index in [0.717, 1.165) is 50.9 Å². The minimum atomic E-state index is -0.235. The van der Waals surface area contributed by atoms with Crippen LogP contribution >= 0.6 is 0 Å². The lowest BCUT2D eigenvalue weighted by molar-refractivity contribution is 0.659. The van der Waals surface area contributed by atoms with E-state index in [4.69, 9.17) is 15.0 Å². The average molecular weight is 661 g/mol. The third-order valence-electron chi connectivity index (χ3n) is 10.5. The molecule has 51 heavy (non-hydrogen) atoms. The molecule has 0 bridgehead atoms. The summed E-state index contributed by atoms with van der Waals surface area (Å²) in [6.07, 6.45) is 25.2. The lowest BCUT2D eigenvalue weighted by Gasteiger charge is -2.35. The van der Waals surface area contributed by atoms with Gasteiger partial charge in [-0.25, -0.2) is 0 Å². The average Bonchev–Trinajstić information content (AvgIpc) is 3.91. The van der Waals surface area contributed by atoms with Gasteiger partial charge in [0.05, 0.1) is 35.3 Å². The van der Waals surface area contributed by atoms with Crippen molar-refractivity contribution in [3.8, 4) is 0 Å². The summed E-state index contributed by atoms with van der Waals surface area (Å²) in [4.78, 5) is 23.6. The number of para-hydroxylation sites is 3. The van der Waals surface area contributed by atoms with Crippen molar-refractivity contribution in [1.82, 2.24) is 0 Å². The van der Waals surface area contributed by atoms with E-state index in [1.54, 1.807) is 0 Å². The molecule has 3 aliphatic heterocycles. The molecule has 0 saturated heterocycles. The zero-order valence-corrected chi connectivity index (χ0v) is 28.0. The van der Waals surface area contributed by atoms with Gasteiger partial charge < -0.3 is 14.7 Å². The third-order valence-corrected chi connectivity index (χ3v) is 10.5. The SMILES string of the molecule is C1=CC2=NC(c3cc(C4N=C5C=CC=CC5N4c4ccccc4)cc(C4N=C5C=CC=CC5N4c4ccccc4)c3)N(c3ccccc3)C2C=C1. The largest absolute Gasteiger partial charge is 0.334 e. The molecule has 4 aromatic carbocycles. The Kier molecular flexibility index (Phi) is 7.12. The van der Waals surface area contributed by atoms with Crippen LogP contribution in [0.15, 0.2) is 197 Å². The first-order valence-electron chi connectivity index (χ1n) is 17.7. The fraction of sp³-hybridized carbons (Fsp3) is 0.133. The molecule has 6 atom stereocenters. The molecule has 0 amide bonds. The van der Waals surface area contributed by atoms with Crippen LogP contribution in [-0.2, 0) is 0 Å². The highest BCUT2D eigenvalue weighted by Gasteiger charge is 2.41. The van der Waals surface area contributed by atoms with Crippen molar-refractivity contribution in [3.63, 3.8) is 0 Å². The Balaban J connectivity index is 1.17. The van der Waals surface area contributed by atoms with Crippen LogP contribution < -0.4 is 14.7 Å². The zero-order chi connectivity index (χ0) is 33.7. The predicted molar refractivity (Wildman–Crippen MR) is 210 cm³/mol. The minimum Gasteiger partial charge on any atom is -0.334 e. The summed E-state index contributed by atoms with van der Waals surface area (Å²) in [5, 5.41) is 0. The number of rotatable bonds is 6. The molecule has 0 aromatic heterocycles. The summed E-state index contributed by atoms with van der Waals surface area (Å²) in [5.41, 5.74) is 9.99. The van der Waals surface area contributed by atoms with Gasteiger partial charge in [0.15, 0.2) is 0 Å². The zero-order valence-electron chi connectivity index (χ0n) is 28.0. The lowest BCUT2D eigenvalue weighted by atomic mass is 9.97. The van der Waals surface area contributed by atoms with Crippen molar-refractivity contribution in [2.75, 3.05) is 14.7 Å². The van der Waals surface area contributed by atoms with Crippen LogP contribution in [0.5, 0.6) is 0 Å². The van der Waals surface area contributed by atoms with Crippen molar-refractivity contribution in [2.24, 2.45) is 15.0 Å².